The highest BCUT2D eigenvalue weighted by molar-refractivity contribution is 5.94. The van der Waals surface area contributed by atoms with E-state index < -0.39 is 6.10 Å². The lowest BCUT2D eigenvalue weighted by molar-refractivity contribution is -0.125. The molecule has 1 aromatic carbocycles. The van der Waals surface area contributed by atoms with E-state index in [1.54, 1.807) is 12.3 Å². The second kappa shape index (κ2) is 8.25. The van der Waals surface area contributed by atoms with Crippen LogP contribution in [0.1, 0.15) is 0 Å². The smallest absolute Gasteiger partial charge is 0.270 e. The molecule has 1 unspecified atom stereocenters. The molecule has 0 aliphatic carbocycles. The van der Waals surface area contributed by atoms with Crippen molar-refractivity contribution in [3.8, 4) is 11.5 Å². The maximum atomic E-state index is 12.4. The number of para-hydroxylation sites is 2. The third kappa shape index (κ3) is 4.00. The Kier molecular flexibility index (Phi) is 5.80. The van der Waals surface area contributed by atoms with Gasteiger partial charge in [0.1, 0.15) is 12.4 Å². The minimum atomic E-state index is -0.690. The van der Waals surface area contributed by atoms with Gasteiger partial charge in [-0.1, -0.05) is 12.1 Å². The van der Waals surface area contributed by atoms with E-state index in [0.717, 1.165) is 31.9 Å². The molecule has 3 heterocycles. The number of anilines is 2. The fourth-order valence-corrected chi connectivity index (χ4v) is 2.93. The second-order valence-corrected chi connectivity index (χ2v) is 5.99. The number of piperazine rings is 1. The minimum Gasteiger partial charge on any atom is -0.485 e. The van der Waals surface area contributed by atoms with Gasteiger partial charge >= 0.3 is 0 Å². The highest BCUT2D eigenvalue weighted by Crippen LogP contribution is 2.31. The number of ether oxygens (including phenoxy) is 2. The van der Waals surface area contributed by atoms with Gasteiger partial charge in [0.2, 0.25) is 6.10 Å². The largest absolute Gasteiger partial charge is 0.485 e. The van der Waals surface area contributed by atoms with Crippen LogP contribution in [0.5, 0.6) is 11.5 Å². The first kappa shape index (κ1) is 18.3. The molecule has 0 bridgehead atoms. The van der Waals surface area contributed by atoms with Gasteiger partial charge in [0, 0.05) is 26.2 Å². The highest BCUT2D eigenvalue weighted by Gasteiger charge is 2.27. The zero-order chi connectivity index (χ0) is 17.1. The maximum Gasteiger partial charge on any atom is 0.270 e. The van der Waals surface area contributed by atoms with E-state index in [1.165, 1.54) is 0 Å². The fourth-order valence-electron chi connectivity index (χ4n) is 2.93. The van der Waals surface area contributed by atoms with Crippen LogP contribution in [0.3, 0.4) is 0 Å². The molecule has 8 heteroatoms. The van der Waals surface area contributed by atoms with Crippen molar-refractivity contribution in [2.75, 3.05) is 43.0 Å². The normalized spacial score (nSPS) is 18.6. The number of pyridine rings is 1. The molecule has 4 rings (SSSR count). The first-order valence-electron chi connectivity index (χ1n) is 8.41. The number of aromatic nitrogens is 1. The van der Waals surface area contributed by atoms with E-state index in [2.05, 4.69) is 20.5 Å². The Hall–Kier alpha value is -2.51. The Balaban J connectivity index is 0.00000196. The van der Waals surface area contributed by atoms with Gasteiger partial charge in [-0.2, -0.15) is 0 Å². The van der Waals surface area contributed by atoms with Gasteiger partial charge in [-0.15, -0.1) is 12.4 Å². The molecule has 138 valence electrons. The van der Waals surface area contributed by atoms with Crippen LogP contribution in [0.25, 0.3) is 0 Å². The number of nitrogens with one attached hydrogen (secondary N) is 2. The van der Waals surface area contributed by atoms with Gasteiger partial charge in [-0.25, -0.2) is 4.98 Å². The number of hydrogen-bond acceptors (Lipinski definition) is 6. The summed E-state index contributed by atoms with van der Waals surface area (Å²) in [4.78, 5) is 19.0. The van der Waals surface area contributed by atoms with Crippen molar-refractivity contribution in [3.05, 3.63) is 42.6 Å². The van der Waals surface area contributed by atoms with Gasteiger partial charge < -0.3 is 25.0 Å². The van der Waals surface area contributed by atoms with Gasteiger partial charge in [0.25, 0.3) is 5.91 Å². The van der Waals surface area contributed by atoms with Crippen LogP contribution in [-0.2, 0) is 4.79 Å². The molecule has 1 fully saturated rings. The molecule has 7 nitrogen and oxygen atoms in total. The number of benzene rings is 1. The molecule has 0 saturated carbocycles. The molecule has 2 aliphatic rings. The highest BCUT2D eigenvalue weighted by atomic mass is 35.5. The van der Waals surface area contributed by atoms with Crippen molar-refractivity contribution in [1.82, 2.24) is 10.3 Å². The Morgan fingerprint density at radius 3 is 2.65 bits per heavy atom. The minimum absolute atomic E-state index is 0. The van der Waals surface area contributed by atoms with Crippen molar-refractivity contribution in [1.29, 1.82) is 0 Å². The molecular weight excluding hydrogens is 356 g/mol. The van der Waals surface area contributed by atoms with Crippen LogP contribution in [-0.4, -0.2) is 49.8 Å². The molecule has 0 radical (unpaired) electrons. The summed E-state index contributed by atoms with van der Waals surface area (Å²) >= 11 is 0. The van der Waals surface area contributed by atoms with Crippen LogP contribution >= 0.6 is 12.4 Å². The molecule has 2 aliphatic heterocycles. The van der Waals surface area contributed by atoms with E-state index in [0.29, 0.717) is 17.3 Å². The molecule has 1 aromatic heterocycles. The van der Waals surface area contributed by atoms with E-state index >= 15 is 0 Å². The number of carbonyl (C=O) groups excluding carboxylic acids is 1. The van der Waals surface area contributed by atoms with Crippen LogP contribution in [0.4, 0.5) is 11.5 Å². The second-order valence-electron chi connectivity index (χ2n) is 5.99. The van der Waals surface area contributed by atoms with E-state index in [1.807, 2.05) is 30.3 Å². The van der Waals surface area contributed by atoms with Gasteiger partial charge in [-0.3, -0.25) is 4.79 Å². The summed E-state index contributed by atoms with van der Waals surface area (Å²) in [5, 5.41) is 6.11. The lowest BCUT2D eigenvalue weighted by Crippen LogP contribution is -2.43. The molecular formula is C18H21ClN4O3. The van der Waals surface area contributed by atoms with Crippen molar-refractivity contribution in [2.45, 2.75) is 6.10 Å². The quantitative estimate of drug-likeness (QED) is 0.849. The van der Waals surface area contributed by atoms with Gasteiger partial charge in [-0.05, 0) is 24.3 Å². The van der Waals surface area contributed by atoms with Crippen molar-refractivity contribution in [2.24, 2.45) is 0 Å². The van der Waals surface area contributed by atoms with E-state index in [4.69, 9.17) is 9.47 Å². The van der Waals surface area contributed by atoms with Crippen LogP contribution in [0.15, 0.2) is 42.6 Å². The average Bonchev–Trinajstić information content (AvgIpc) is 2.69. The fraction of sp³-hybridized carbons (Fsp3) is 0.333. The molecule has 2 aromatic rings. The number of hydrogen-bond donors (Lipinski definition) is 2. The molecule has 2 N–H and O–H groups in total. The lowest BCUT2D eigenvalue weighted by atomic mass is 10.2. The van der Waals surface area contributed by atoms with Crippen LogP contribution < -0.4 is 25.0 Å². The first-order chi connectivity index (χ1) is 12.3. The molecule has 1 amide bonds. The Bertz CT molecular complexity index is 750. The average molecular weight is 377 g/mol. The molecule has 1 atom stereocenters. The van der Waals surface area contributed by atoms with E-state index in [9.17, 15) is 4.79 Å². The Morgan fingerprint density at radius 1 is 1.15 bits per heavy atom. The lowest BCUT2D eigenvalue weighted by Gasteiger charge is -2.29. The number of rotatable bonds is 3. The first-order valence-corrected chi connectivity index (χ1v) is 8.41. The number of carbonyl (C=O) groups is 1. The maximum absolute atomic E-state index is 12.4. The van der Waals surface area contributed by atoms with Crippen molar-refractivity contribution in [3.63, 3.8) is 0 Å². The zero-order valence-electron chi connectivity index (χ0n) is 14.2. The Labute approximate surface area is 158 Å². The van der Waals surface area contributed by atoms with Gasteiger partial charge in [0.05, 0.1) is 11.9 Å². The predicted octanol–water partition coefficient (Wildman–Crippen LogP) is 1.69. The number of fused-ring (bicyclic) bond motifs is 1. The third-order valence-corrected chi connectivity index (χ3v) is 4.28. The number of nitrogens with zero attached hydrogens (tertiary/aromatic N) is 2. The summed E-state index contributed by atoms with van der Waals surface area (Å²) in [6, 6.07) is 11.1. The number of amides is 1. The van der Waals surface area contributed by atoms with Crippen molar-refractivity contribution >= 4 is 29.8 Å². The van der Waals surface area contributed by atoms with E-state index in [-0.39, 0.29) is 24.9 Å². The predicted molar refractivity (Wildman–Crippen MR) is 102 cm³/mol. The number of halogens is 1. The van der Waals surface area contributed by atoms with Crippen LogP contribution in [0, 0.1) is 0 Å². The van der Waals surface area contributed by atoms with Crippen LogP contribution in [0.2, 0.25) is 0 Å². The molecule has 0 spiro atoms. The standard InChI is InChI=1S/C18H20N4O3.ClH/c23-18(16-12-24-14-3-1-2-4-15(14)25-16)21-17-6-5-13(11-20-17)22-9-7-19-8-10-22;/h1-6,11,16,19H,7-10,12H2,(H,20,21,23);1H. The summed E-state index contributed by atoms with van der Waals surface area (Å²) in [5.41, 5.74) is 1.06. The molecule has 26 heavy (non-hydrogen) atoms. The third-order valence-electron chi connectivity index (χ3n) is 4.28. The molecule has 1 saturated heterocycles. The summed E-state index contributed by atoms with van der Waals surface area (Å²) in [7, 11) is 0. The Morgan fingerprint density at radius 2 is 1.92 bits per heavy atom. The van der Waals surface area contributed by atoms with Crippen molar-refractivity contribution < 1.29 is 14.3 Å². The zero-order valence-corrected chi connectivity index (χ0v) is 15.0. The summed E-state index contributed by atoms with van der Waals surface area (Å²) in [5.74, 6) is 1.48. The summed E-state index contributed by atoms with van der Waals surface area (Å²) < 4.78 is 11.3. The SMILES string of the molecule is Cl.O=C(Nc1ccc(N2CCNCC2)cn1)C1COc2ccccc2O1. The topological polar surface area (TPSA) is 75.7 Å². The summed E-state index contributed by atoms with van der Waals surface area (Å²) in [6.07, 6.45) is 1.10. The summed E-state index contributed by atoms with van der Waals surface area (Å²) in [6.45, 7) is 4.04. The monoisotopic (exact) mass is 376 g/mol. The van der Waals surface area contributed by atoms with Gasteiger partial charge in [0.15, 0.2) is 11.5 Å².